The molecule has 1 N–H and O–H groups in total. The van der Waals surface area contributed by atoms with E-state index in [2.05, 4.69) is 5.32 Å². The summed E-state index contributed by atoms with van der Waals surface area (Å²) in [6, 6.07) is 10.7. The Morgan fingerprint density at radius 2 is 1.88 bits per heavy atom. The molecule has 6 heteroatoms. The molecule has 0 aromatic heterocycles. The van der Waals surface area contributed by atoms with E-state index in [1.54, 1.807) is 37.5 Å². The van der Waals surface area contributed by atoms with E-state index in [-0.39, 0.29) is 5.91 Å². The van der Waals surface area contributed by atoms with Crippen LogP contribution in [-0.4, -0.2) is 26.7 Å². The Kier molecular flexibility index (Phi) is 6.71. The second kappa shape index (κ2) is 8.99. The van der Waals surface area contributed by atoms with Crippen LogP contribution in [0.3, 0.4) is 0 Å². The highest BCUT2D eigenvalue weighted by molar-refractivity contribution is 6.32. The van der Waals surface area contributed by atoms with Gasteiger partial charge in [0.1, 0.15) is 5.75 Å². The normalized spacial score (nSPS) is 10.6. The highest BCUT2D eigenvalue weighted by Crippen LogP contribution is 2.36. The zero-order valence-corrected chi connectivity index (χ0v) is 15.1. The van der Waals surface area contributed by atoms with Crippen molar-refractivity contribution < 1.29 is 19.0 Å². The van der Waals surface area contributed by atoms with Gasteiger partial charge in [-0.1, -0.05) is 23.7 Å². The molecule has 0 saturated heterocycles. The molecule has 2 aromatic carbocycles. The largest absolute Gasteiger partial charge is 0.495 e. The quantitative estimate of drug-likeness (QED) is 0.742. The minimum Gasteiger partial charge on any atom is -0.495 e. The molecular weight excluding hydrogens is 342 g/mol. The second-order valence-corrected chi connectivity index (χ2v) is 5.40. The standard InChI is InChI=1S/C19H20ClNO4/c1-4-25-19-14(20)11-13(12-17(19)24-3)9-10-18(22)21-15-7-5-6-8-16(15)23-2/h5-12H,4H2,1-3H3,(H,21,22)/b10-9+. The summed E-state index contributed by atoms with van der Waals surface area (Å²) in [5, 5.41) is 3.19. The summed E-state index contributed by atoms with van der Waals surface area (Å²) >= 11 is 6.22. The van der Waals surface area contributed by atoms with E-state index in [0.29, 0.717) is 34.6 Å². The minimum atomic E-state index is -0.284. The summed E-state index contributed by atoms with van der Waals surface area (Å²) in [6.07, 6.45) is 3.06. The van der Waals surface area contributed by atoms with Crippen LogP contribution in [0, 0.1) is 0 Å². The number of halogens is 1. The highest BCUT2D eigenvalue weighted by Gasteiger charge is 2.11. The third kappa shape index (κ3) is 4.90. The first-order valence-electron chi connectivity index (χ1n) is 7.71. The molecule has 0 fully saturated rings. The fraction of sp³-hybridized carbons (Fsp3) is 0.211. The molecular formula is C19H20ClNO4. The summed E-state index contributed by atoms with van der Waals surface area (Å²) in [5.41, 5.74) is 1.32. The molecule has 132 valence electrons. The van der Waals surface area contributed by atoms with Gasteiger partial charge >= 0.3 is 0 Å². The zero-order chi connectivity index (χ0) is 18.2. The van der Waals surface area contributed by atoms with E-state index in [4.69, 9.17) is 25.8 Å². The molecule has 25 heavy (non-hydrogen) atoms. The van der Waals surface area contributed by atoms with E-state index in [9.17, 15) is 4.79 Å². The van der Waals surface area contributed by atoms with Crippen molar-refractivity contribution in [2.45, 2.75) is 6.92 Å². The lowest BCUT2D eigenvalue weighted by molar-refractivity contribution is -0.111. The molecule has 0 aliphatic carbocycles. The lowest BCUT2D eigenvalue weighted by Crippen LogP contribution is -2.08. The molecule has 5 nitrogen and oxygen atoms in total. The Balaban J connectivity index is 2.15. The number of nitrogens with one attached hydrogen (secondary N) is 1. The van der Waals surface area contributed by atoms with Crippen LogP contribution in [0.2, 0.25) is 5.02 Å². The van der Waals surface area contributed by atoms with Crippen molar-refractivity contribution in [1.29, 1.82) is 0 Å². The Morgan fingerprint density at radius 1 is 1.16 bits per heavy atom. The van der Waals surface area contributed by atoms with Crippen molar-refractivity contribution in [3.63, 3.8) is 0 Å². The van der Waals surface area contributed by atoms with Gasteiger partial charge in [0.25, 0.3) is 0 Å². The number of hydrogen-bond acceptors (Lipinski definition) is 4. The lowest BCUT2D eigenvalue weighted by atomic mass is 10.2. The van der Waals surface area contributed by atoms with Crippen molar-refractivity contribution in [1.82, 2.24) is 0 Å². The summed E-state index contributed by atoms with van der Waals surface area (Å²) in [5.74, 6) is 1.31. The third-order valence-corrected chi connectivity index (χ3v) is 3.61. The average molecular weight is 362 g/mol. The van der Waals surface area contributed by atoms with Gasteiger partial charge in [-0.3, -0.25) is 4.79 Å². The number of ether oxygens (including phenoxy) is 3. The van der Waals surface area contributed by atoms with E-state index in [1.807, 2.05) is 19.1 Å². The molecule has 0 aliphatic heterocycles. The number of para-hydroxylation sites is 2. The number of carbonyl (C=O) groups is 1. The SMILES string of the molecule is CCOc1c(Cl)cc(/C=C/C(=O)Nc2ccccc2OC)cc1OC. The van der Waals surface area contributed by atoms with Crippen LogP contribution in [0.25, 0.3) is 6.08 Å². The molecule has 0 atom stereocenters. The number of benzene rings is 2. The Morgan fingerprint density at radius 3 is 2.56 bits per heavy atom. The molecule has 2 aromatic rings. The van der Waals surface area contributed by atoms with E-state index >= 15 is 0 Å². The van der Waals surface area contributed by atoms with Gasteiger partial charge in [-0.25, -0.2) is 0 Å². The summed E-state index contributed by atoms with van der Waals surface area (Å²) in [6.45, 7) is 2.35. The first-order valence-corrected chi connectivity index (χ1v) is 8.09. The molecule has 0 radical (unpaired) electrons. The van der Waals surface area contributed by atoms with E-state index < -0.39 is 0 Å². The third-order valence-electron chi connectivity index (χ3n) is 3.33. The smallest absolute Gasteiger partial charge is 0.248 e. The van der Waals surface area contributed by atoms with Crippen molar-refractivity contribution in [3.8, 4) is 17.2 Å². The molecule has 0 spiro atoms. The van der Waals surface area contributed by atoms with Crippen LogP contribution in [0.1, 0.15) is 12.5 Å². The number of rotatable bonds is 7. The molecule has 0 saturated carbocycles. The van der Waals surface area contributed by atoms with Gasteiger partial charge in [-0.15, -0.1) is 0 Å². The van der Waals surface area contributed by atoms with Crippen molar-refractivity contribution in [2.24, 2.45) is 0 Å². The molecule has 0 unspecified atom stereocenters. The Hall–Kier alpha value is -2.66. The fourth-order valence-electron chi connectivity index (χ4n) is 2.21. The predicted octanol–water partition coefficient (Wildman–Crippen LogP) is 4.41. The topological polar surface area (TPSA) is 56.8 Å². The maximum atomic E-state index is 12.1. The monoisotopic (exact) mass is 361 g/mol. The van der Waals surface area contributed by atoms with Crippen molar-refractivity contribution in [3.05, 3.63) is 53.1 Å². The lowest BCUT2D eigenvalue weighted by Gasteiger charge is -2.12. The number of hydrogen-bond donors (Lipinski definition) is 1. The minimum absolute atomic E-state index is 0.284. The van der Waals surface area contributed by atoms with Gasteiger partial charge in [0, 0.05) is 6.08 Å². The fourth-order valence-corrected chi connectivity index (χ4v) is 2.49. The number of methoxy groups -OCH3 is 2. The molecule has 0 aliphatic rings. The van der Waals surface area contributed by atoms with Crippen LogP contribution in [0.5, 0.6) is 17.2 Å². The molecule has 1 amide bonds. The van der Waals surface area contributed by atoms with Gasteiger partial charge in [-0.2, -0.15) is 0 Å². The van der Waals surface area contributed by atoms with Gasteiger partial charge in [0.05, 0.1) is 31.5 Å². The maximum absolute atomic E-state index is 12.1. The van der Waals surface area contributed by atoms with Crippen LogP contribution < -0.4 is 19.5 Å². The second-order valence-electron chi connectivity index (χ2n) is 4.99. The van der Waals surface area contributed by atoms with E-state index in [0.717, 1.165) is 5.56 Å². The molecule has 0 heterocycles. The van der Waals surface area contributed by atoms with Crippen LogP contribution in [-0.2, 0) is 4.79 Å². The first kappa shape index (κ1) is 18.7. The summed E-state index contributed by atoms with van der Waals surface area (Å²) < 4.78 is 16.0. The van der Waals surface area contributed by atoms with E-state index in [1.165, 1.54) is 13.2 Å². The molecule has 0 bridgehead atoms. The average Bonchev–Trinajstić information content (AvgIpc) is 2.62. The summed E-state index contributed by atoms with van der Waals surface area (Å²) in [7, 11) is 3.09. The first-order chi connectivity index (χ1) is 12.1. The highest BCUT2D eigenvalue weighted by atomic mass is 35.5. The van der Waals surface area contributed by atoms with Crippen molar-refractivity contribution in [2.75, 3.05) is 26.1 Å². The predicted molar refractivity (Wildman–Crippen MR) is 99.8 cm³/mol. The van der Waals surface area contributed by atoms with Crippen LogP contribution in [0.4, 0.5) is 5.69 Å². The van der Waals surface area contributed by atoms with Crippen LogP contribution >= 0.6 is 11.6 Å². The number of amides is 1. The van der Waals surface area contributed by atoms with Gasteiger partial charge in [0.15, 0.2) is 11.5 Å². The van der Waals surface area contributed by atoms with Crippen LogP contribution in [0.15, 0.2) is 42.5 Å². The molecule has 2 rings (SSSR count). The zero-order valence-electron chi connectivity index (χ0n) is 14.3. The van der Waals surface area contributed by atoms with Gasteiger partial charge < -0.3 is 19.5 Å². The summed E-state index contributed by atoms with van der Waals surface area (Å²) in [4.78, 5) is 12.1. The number of carbonyl (C=O) groups excluding carboxylic acids is 1. The number of anilines is 1. The van der Waals surface area contributed by atoms with Crippen molar-refractivity contribution >= 4 is 29.3 Å². The van der Waals surface area contributed by atoms with Gasteiger partial charge in [-0.05, 0) is 42.8 Å². The Labute approximate surface area is 152 Å². The van der Waals surface area contributed by atoms with Gasteiger partial charge in [0.2, 0.25) is 5.91 Å². The Bertz CT molecular complexity index is 774. The maximum Gasteiger partial charge on any atom is 0.248 e.